The van der Waals surface area contributed by atoms with Crippen molar-refractivity contribution in [1.29, 1.82) is 0 Å². The molecule has 4 nitrogen and oxygen atoms in total. The predicted molar refractivity (Wildman–Crippen MR) is 80.3 cm³/mol. The van der Waals surface area contributed by atoms with Crippen molar-refractivity contribution in [2.24, 2.45) is 0 Å². The van der Waals surface area contributed by atoms with Crippen molar-refractivity contribution in [2.45, 2.75) is 25.4 Å². The maximum atomic E-state index is 10.5. The number of morpholine rings is 1. The summed E-state index contributed by atoms with van der Waals surface area (Å²) in [6.07, 6.45) is 2.11. The van der Waals surface area contributed by atoms with E-state index in [9.17, 15) is 4.79 Å². The van der Waals surface area contributed by atoms with Gasteiger partial charge in [0.1, 0.15) is 0 Å². The Morgan fingerprint density at radius 3 is 2.75 bits per heavy atom. The summed E-state index contributed by atoms with van der Waals surface area (Å²) in [5.41, 5.74) is 1.22. The Kier molecular flexibility index (Phi) is 7.59. The summed E-state index contributed by atoms with van der Waals surface area (Å²) in [5, 5.41) is 8.61. The molecule has 0 radical (unpaired) electrons. The summed E-state index contributed by atoms with van der Waals surface area (Å²) >= 11 is 0. The van der Waals surface area contributed by atoms with E-state index < -0.39 is 5.97 Å². The quantitative estimate of drug-likeness (QED) is 0.821. The lowest BCUT2D eigenvalue weighted by Gasteiger charge is -2.33. The van der Waals surface area contributed by atoms with Crippen LogP contribution in [-0.4, -0.2) is 42.2 Å². The van der Waals surface area contributed by atoms with Crippen molar-refractivity contribution < 1.29 is 14.6 Å². The van der Waals surface area contributed by atoms with E-state index in [0.717, 1.165) is 39.1 Å². The molecule has 1 fully saturated rings. The van der Waals surface area contributed by atoms with Crippen LogP contribution in [0.15, 0.2) is 30.3 Å². The fourth-order valence-corrected chi connectivity index (χ4v) is 2.39. The second-order valence-electron chi connectivity index (χ2n) is 4.92. The largest absolute Gasteiger partial charge is 0.481 e. The first-order valence-corrected chi connectivity index (χ1v) is 6.86. The SMILES string of the molecule is Cl.O=C(O)CCCCN1CCOC(c2ccccc2)C1. The zero-order valence-electron chi connectivity index (χ0n) is 11.5. The van der Waals surface area contributed by atoms with Gasteiger partial charge in [0.15, 0.2) is 0 Å². The number of ether oxygens (including phenoxy) is 1. The predicted octanol–water partition coefficient (Wildman–Crippen LogP) is 2.74. The maximum absolute atomic E-state index is 10.5. The lowest BCUT2D eigenvalue weighted by atomic mass is 10.1. The average molecular weight is 300 g/mol. The molecule has 1 heterocycles. The smallest absolute Gasteiger partial charge is 0.303 e. The molecular formula is C15H22ClNO3. The fourth-order valence-electron chi connectivity index (χ4n) is 2.39. The number of aliphatic carboxylic acids is 1. The fraction of sp³-hybridized carbons (Fsp3) is 0.533. The molecule has 0 bridgehead atoms. The second-order valence-corrected chi connectivity index (χ2v) is 4.92. The topological polar surface area (TPSA) is 49.8 Å². The van der Waals surface area contributed by atoms with Crippen molar-refractivity contribution in [3.05, 3.63) is 35.9 Å². The molecular weight excluding hydrogens is 278 g/mol. The van der Waals surface area contributed by atoms with Gasteiger partial charge in [-0.15, -0.1) is 12.4 Å². The number of unbranched alkanes of at least 4 members (excludes halogenated alkanes) is 1. The van der Waals surface area contributed by atoms with Gasteiger partial charge in [-0.1, -0.05) is 30.3 Å². The lowest BCUT2D eigenvalue weighted by Crippen LogP contribution is -2.38. The molecule has 0 amide bonds. The van der Waals surface area contributed by atoms with Crippen LogP contribution >= 0.6 is 12.4 Å². The van der Waals surface area contributed by atoms with E-state index in [-0.39, 0.29) is 24.9 Å². The molecule has 112 valence electrons. The summed E-state index contributed by atoms with van der Waals surface area (Å²) in [4.78, 5) is 12.8. The number of carboxylic acids is 1. The number of nitrogens with zero attached hydrogens (tertiary/aromatic N) is 1. The maximum Gasteiger partial charge on any atom is 0.303 e. The molecule has 1 saturated heterocycles. The number of benzene rings is 1. The Labute approximate surface area is 126 Å². The molecule has 0 saturated carbocycles. The molecule has 20 heavy (non-hydrogen) atoms. The van der Waals surface area contributed by atoms with Gasteiger partial charge in [0.2, 0.25) is 0 Å². The third-order valence-electron chi connectivity index (χ3n) is 3.44. The third kappa shape index (κ3) is 5.49. The zero-order valence-corrected chi connectivity index (χ0v) is 12.3. The molecule has 1 aromatic rings. The summed E-state index contributed by atoms with van der Waals surface area (Å²) in [5.74, 6) is -0.705. The van der Waals surface area contributed by atoms with Gasteiger partial charge < -0.3 is 9.84 Å². The van der Waals surface area contributed by atoms with Gasteiger partial charge in [0.05, 0.1) is 12.7 Å². The van der Waals surface area contributed by atoms with Crippen LogP contribution in [0.5, 0.6) is 0 Å². The summed E-state index contributed by atoms with van der Waals surface area (Å²) in [6.45, 7) is 3.55. The number of rotatable bonds is 6. The highest BCUT2D eigenvalue weighted by Gasteiger charge is 2.21. The average Bonchev–Trinajstić information content (AvgIpc) is 2.45. The minimum Gasteiger partial charge on any atom is -0.481 e. The molecule has 5 heteroatoms. The van der Waals surface area contributed by atoms with Crippen LogP contribution in [0.25, 0.3) is 0 Å². The van der Waals surface area contributed by atoms with Gasteiger partial charge in [-0.25, -0.2) is 0 Å². The van der Waals surface area contributed by atoms with Crippen molar-refractivity contribution >= 4 is 18.4 Å². The second kappa shape index (κ2) is 8.95. The first-order chi connectivity index (χ1) is 9.25. The van der Waals surface area contributed by atoms with Gasteiger partial charge in [0.25, 0.3) is 0 Å². The minimum atomic E-state index is -0.705. The molecule has 1 aliphatic rings. The van der Waals surface area contributed by atoms with Crippen molar-refractivity contribution in [3.8, 4) is 0 Å². The Morgan fingerprint density at radius 2 is 2.05 bits per heavy atom. The van der Waals surface area contributed by atoms with E-state index in [0.29, 0.717) is 0 Å². The van der Waals surface area contributed by atoms with E-state index in [4.69, 9.17) is 9.84 Å². The van der Waals surface area contributed by atoms with Gasteiger partial charge in [-0.3, -0.25) is 9.69 Å². The first-order valence-electron chi connectivity index (χ1n) is 6.86. The third-order valence-corrected chi connectivity index (χ3v) is 3.44. The van der Waals surface area contributed by atoms with E-state index in [1.165, 1.54) is 5.56 Å². The monoisotopic (exact) mass is 299 g/mol. The molecule has 1 unspecified atom stereocenters. The highest BCUT2D eigenvalue weighted by atomic mass is 35.5. The highest BCUT2D eigenvalue weighted by Crippen LogP contribution is 2.22. The van der Waals surface area contributed by atoms with Crippen LogP contribution in [0.1, 0.15) is 30.9 Å². The Hall–Kier alpha value is -1.10. The number of carbonyl (C=O) groups is 1. The summed E-state index contributed by atoms with van der Waals surface area (Å²) < 4.78 is 5.80. The van der Waals surface area contributed by atoms with Gasteiger partial charge in [-0.2, -0.15) is 0 Å². The molecule has 1 N–H and O–H groups in total. The first kappa shape index (κ1) is 17.0. The van der Waals surface area contributed by atoms with E-state index in [1.54, 1.807) is 0 Å². The normalized spacial score (nSPS) is 19.3. The van der Waals surface area contributed by atoms with Crippen LogP contribution < -0.4 is 0 Å². The van der Waals surface area contributed by atoms with Crippen LogP contribution in [0.4, 0.5) is 0 Å². The standard InChI is InChI=1S/C15H21NO3.ClH/c17-15(18)8-4-5-9-16-10-11-19-14(12-16)13-6-2-1-3-7-13;/h1-3,6-7,14H,4-5,8-12H2,(H,17,18);1H. The highest BCUT2D eigenvalue weighted by molar-refractivity contribution is 5.85. The van der Waals surface area contributed by atoms with Crippen LogP contribution in [0.2, 0.25) is 0 Å². The number of hydrogen-bond acceptors (Lipinski definition) is 3. The van der Waals surface area contributed by atoms with Gasteiger partial charge in [-0.05, 0) is 24.9 Å². The molecule has 0 aromatic heterocycles. The van der Waals surface area contributed by atoms with Crippen molar-refractivity contribution in [1.82, 2.24) is 4.90 Å². The van der Waals surface area contributed by atoms with Crippen LogP contribution in [-0.2, 0) is 9.53 Å². The Morgan fingerprint density at radius 1 is 1.30 bits per heavy atom. The summed E-state index contributed by atoms with van der Waals surface area (Å²) in [7, 11) is 0. The molecule has 1 atom stereocenters. The number of hydrogen-bond donors (Lipinski definition) is 1. The molecule has 2 rings (SSSR count). The zero-order chi connectivity index (χ0) is 13.5. The van der Waals surface area contributed by atoms with Crippen molar-refractivity contribution in [3.63, 3.8) is 0 Å². The van der Waals surface area contributed by atoms with E-state index >= 15 is 0 Å². The number of carboxylic acid groups (broad SMARTS) is 1. The Balaban J connectivity index is 0.00000200. The van der Waals surface area contributed by atoms with Crippen LogP contribution in [0.3, 0.4) is 0 Å². The Bertz CT molecular complexity index is 399. The van der Waals surface area contributed by atoms with Crippen LogP contribution in [0, 0.1) is 0 Å². The van der Waals surface area contributed by atoms with Gasteiger partial charge >= 0.3 is 5.97 Å². The van der Waals surface area contributed by atoms with Crippen molar-refractivity contribution in [2.75, 3.05) is 26.2 Å². The molecule has 0 spiro atoms. The minimum absolute atomic E-state index is 0. The molecule has 1 aromatic carbocycles. The lowest BCUT2D eigenvalue weighted by molar-refractivity contribution is -0.137. The van der Waals surface area contributed by atoms with E-state index in [2.05, 4.69) is 17.0 Å². The molecule has 0 aliphatic carbocycles. The van der Waals surface area contributed by atoms with E-state index in [1.807, 2.05) is 18.2 Å². The van der Waals surface area contributed by atoms with Gasteiger partial charge in [0, 0.05) is 19.5 Å². The summed E-state index contributed by atoms with van der Waals surface area (Å²) in [6, 6.07) is 10.3. The molecule has 1 aliphatic heterocycles. The number of halogens is 1.